The summed E-state index contributed by atoms with van der Waals surface area (Å²) in [6.07, 6.45) is 1.47. The molecule has 7 heteroatoms. The molecule has 0 amide bonds. The van der Waals surface area contributed by atoms with Gasteiger partial charge in [0.1, 0.15) is 5.56 Å². The monoisotopic (exact) mass is 255 g/mol. The molecule has 0 spiro atoms. The fourth-order valence-corrected chi connectivity index (χ4v) is 1.25. The number of non-ortho nitro benzene ring substituents is 1. The molecule has 0 aliphatic carbocycles. The molecule has 0 atom stereocenters. The average molecular weight is 255 g/mol. The Morgan fingerprint density at radius 3 is 2.67 bits per heavy atom. The lowest BCUT2D eigenvalue weighted by Gasteiger charge is -2.06. The zero-order valence-electron chi connectivity index (χ0n) is 9.75. The van der Waals surface area contributed by atoms with Crippen LogP contribution in [0, 0.1) is 10.1 Å². The van der Waals surface area contributed by atoms with Gasteiger partial charge in [-0.05, 0) is 6.42 Å². The number of nitro benzene ring substituents is 1. The topological polar surface area (TPSA) is 110 Å². The number of rotatable bonds is 5. The summed E-state index contributed by atoms with van der Waals surface area (Å²) in [5.74, 6) is -2.35. The molecule has 0 heterocycles. The normalized spacial score (nSPS) is 10.1. The highest BCUT2D eigenvalue weighted by Crippen LogP contribution is 2.33. The quantitative estimate of drug-likeness (QED) is 0.273. The van der Waals surface area contributed by atoms with Crippen molar-refractivity contribution < 1.29 is 24.7 Å². The van der Waals surface area contributed by atoms with Crippen LogP contribution in [0.1, 0.15) is 30.1 Å². The molecule has 1 aromatic carbocycles. The molecule has 0 bridgehead atoms. The molecule has 0 saturated heterocycles. The number of esters is 1. The minimum absolute atomic E-state index is 0.151. The van der Waals surface area contributed by atoms with Gasteiger partial charge in [0.25, 0.3) is 5.69 Å². The molecule has 1 aromatic rings. The number of nitrogens with zero attached hydrogens (tertiary/aromatic N) is 1. The standard InChI is InChI=1S/C11H13NO6/c1-2-3-4-18-11(15)8-5-7(12(16)17)6-9(13)10(8)14/h5-6,13-14H,2-4H2,1H3. The molecule has 7 nitrogen and oxygen atoms in total. The molecule has 1 rings (SSSR count). The Morgan fingerprint density at radius 1 is 1.44 bits per heavy atom. The second-order valence-corrected chi connectivity index (χ2v) is 3.61. The number of hydrogen-bond donors (Lipinski definition) is 2. The molecule has 0 aromatic heterocycles. The van der Waals surface area contributed by atoms with E-state index in [0.717, 1.165) is 18.6 Å². The summed E-state index contributed by atoms with van der Waals surface area (Å²) < 4.78 is 4.81. The highest BCUT2D eigenvalue weighted by atomic mass is 16.6. The third-order valence-corrected chi connectivity index (χ3v) is 2.24. The third-order valence-electron chi connectivity index (χ3n) is 2.24. The van der Waals surface area contributed by atoms with Crippen molar-refractivity contribution in [2.24, 2.45) is 0 Å². The van der Waals surface area contributed by atoms with Crippen LogP contribution in [0.4, 0.5) is 5.69 Å². The first kappa shape index (κ1) is 13.8. The molecule has 0 unspecified atom stereocenters. The smallest absolute Gasteiger partial charge is 0.342 e. The molecule has 0 radical (unpaired) electrons. The fourth-order valence-electron chi connectivity index (χ4n) is 1.25. The van der Waals surface area contributed by atoms with Gasteiger partial charge >= 0.3 is 5.97 Å². The molecule has 2 N–H and O–H groups in total. The van der Waals surface area contributed by atoms with Crippen LogP contribution in [-0.2, 0) is 4.74 Å². The van der Waals surface area contributed by atoms with E-state index in [-0.39, 0.29) is 6.61 Å². The molecule has 18 heavy (non-hydrogen) atoms. The summed E-state index contributed by atoms with van der Waals surface area (Å²) in [5, 5.41) is 29.3. The van der Waals surface area contributed by atoms with Crippen LogP contribution >= 0.6 is 0 Å². The molecule has 0 fully saturated rings. The van der Waals surface area contributed by atoms with Gasteiger partial charge in [0, 0.05) is 6.07 Å². The Labute approximate surface area is 103 Å². The number of benzene rings is 1. The van der Waals surface area contributed by atoms with E-state index in [1.165, 1.54) is 0 Å². The Balaban J connectivity index is 2.99. The molecule has 98 valence electrons. The number of nitro groups is 1. The van der Waals surface area contributed by atoms with Gasteiger partial charge in [-0.15, -0.1) is 0 Å². The third kappa shape index (κ3) is 3.09. The predicted octanol–water partition coefficient (Wildman–Crippen LogP) is 1.96. The van der Waals surface area contributed by atoms with E-state index in [2.05, 4.69) is 0 Å². The lowest BCUT2D eigenvalue weighted by Crippen LogP contribution is -2.07. The van der Waals surface area contributed by atoms with Gasteiger partial charge in [-0.25, -0.2) is 4.79 Å². The largest absolute Gasteiger partial charge is 0.504 e. The highest BCUT2D eigenvalue weighted by Gasteiger charge is 2.21. The number of hydrogen-bond acceptors (Lipinski definition) is 6. The number of aromatic hydroxyl groups is 2. The second-order valence-electron chi connectivity index (χ2n) is 3.61. The van der Waals surface area contributed by atoms with Crippen molar-refractivity contribution in [2.45, 2.75) is 19.8 Å². The van der Waals surface area contributed by atoms with Crippen molar-refractivity contribution in [1.29, 1.82) is 0 Å². The van der Waals surface area contributed by atoms with E-state index in [1.807, 2.05) is 6.92 Å². The first-order valence-corrected chi connectivity index (χ1v) is 5.34. The SMILES string of the molecule is CCCCOC(=O)c1cc([N+](=O)[O-])cc(O)c1O. The molecule has 0 saturated carbocycles. The van der Waals surface area contributed by atoms with Crippen molar-refractivity contribution in [3.05, 3.63) is 27.8 Å². The Hall–Kier alpha value is -2.31. The van der Waals surface area contributed by atoms with E-state index < -0.39 is 33.6 Å². The van der Waals surface area contributed by atoms with Crippen LogP contribution in [-0.4, -0.2) is 27.7 Å². The number of unbranched alkanes of at least 4 members (excludes halogenated alkanes) is 1. The first-order chi connectivity index (χ1) is 8.47. The number of carbonyl (C=O) groups excluding carboxylic acids is 1. The van der Waals surface area contributed by atoms with E-state index in [9.17, 15) is 25.1 Å². The Kier molecular flexibility index (Phi) is 4.47. The predicted molar refractivity (Wildman–Crippen MR) is 61.6 cm³/mol. The zero-order chi connectivity index (χ0) is 13.7. The van der Waals surface area contributed by atoms with Gasteiger partial charge in [-0.2, -0.15) is 0 Å². The van der Waals surface area contributed by atoms with E-state index in [4.69, 9.17) is 4.74 Å². The Morgan fingerprint density at radius 2 is 2.11 bits per heavy atom. The van der Waals surface area contributed by atoms with Crippen molar-refractivity contribution >= 4 is 11.7 Å². The maximum atomic E-state index is 11.6. The van der Waals surface area contributed by atoms with Crippen LogP contribution in [0.25, 0.3) is 0 Å². The van der Waals surface area contributed by atoms with Gasteiger partial charge in [0.15, 0.2) is 11.5 Å². The van der Waals surface area contributed by atoms with Gasteiger partial charge in [-0.3, -0.25) is 10.1 Å². The van der Waals surface area contributed by atoms with Crippen molar-refractivity contribution in [2.75, 3.05) is 6.61 Å². The van der Waals surface area contributed by atoms with E-state index in [1.54, 1.807) is 0 Å². The van der Waals surface area contributed by atoms with Gasteiger partial charge < -0.3 is 14.9 Å². The van der Waals surface area contributed by atoms with Crippen LogP contribution in [0.5, 0.6) is 11.5 Å². The lowest BCUT2D eigenvalue weighted by molar-refractivity contribution is -0.385. The minimum atomic E-state index is -0.903. The summed E-state index contributed by atoms with van der Waals surface area (Å²) in [5.41, 5.74) is -0.912. The molecular formula is C11H13NO6. The van der Waals surface area contributed by atoms with Crippen LogP contribution in [0.15, 0.2) is 12.1 Å². The number of phenols is 2. The average Bonchev–Trinajstić information content (AvgIpc) is 2.32. The fraction of sp³-hybridized carbons (Fsp3) is 0.364. The van der Waals surface area contributed by atoms with Crippen molar-refractivity contribution in [1.82, 2.24) is 0 Å². The number of carbonyl (C=O) groups is 1. The van der Waals surface area contributed by atoms with Crippen LogP contribution in [0.3, 0.4) is 0 Å². The first-order valence-electron chi connectivity index (χ1n) is 5.34. The van der Waals surface area contributed by atoms with Gasteiger partial charge in [-0.1, -0.05) is 13.3 Å². The summed E-state index contributed by atoms with van der Waals surface area (Å²) >= 11 is 0. The second kappa shape index (κ2) is 5.85. The van der Waals surface area contributed by atoms with Crippen molar-refractivity contribution in [3.63, 3.8) is 0 Å². The lowest BCUT2D eigenvalue weighted by atomic mass is 10.1. The van der Waals surface area contributed by atoms with E-state index >= 15 is 0 Å². The summed E-state index contributed by atoms with van der Waals surface area (Å²) in [6, 6.07) is 1.63. The zero-order valence-corrected chi connectivity index (χ0v) is 9.75. The highest BCUT2D eigenvalue weighted by molar-refractivity contribution is 5.94. The van der Waals surface area contributed by atoms with Crippen LogP contribution in [0.2, 0.25) is 0 Å². The summed E-state index contributed by atoms with van der Waals surface area (Å²) in [6.45, 7) is 2.06. The maximum Gasteiger partial charge on any atom is 0.342 e. The maximum absolute atomic E-state index is 11.6. The van der Waals surface area contributed by atoms with Crippen molar-refractivity contribution in [3.8, 4) is 11.5 Å². The van der Waals surface area contributed by atoms with Gasteiger partial charge in [0.05, 0.1) is 17.6 Å². The number of phenolic OH excluding ortho intramolecular Hbond substituents is 2. The van der Waals surface area contributed by atoms with E-state index in [0.29, 0.717) is 6.42 Å². The minimum Gasteiger partial charge on any atom is -0.504 e. The van der Waals surface area contributed by atoms with Crippen LogP contribution < -0.4 is 0 Å². The Bertz CT molecular complexity index is 471. The summed E-state index contributed by atoms with van der Waals surface area (Å²) in [4.78, 5) is 21.3. The summed E-state index contributed by atoms with van der Waals surface area (Å²) in [7, 11) is 0. The molecule has 0 aliphatic heterocycles. The van der Waals surface area contributed by atoms with Gasteiger partial charge in [0.2, 0.25) is 0 Å². The molecular weight excluding hydrogens is 242 g/mol. The number of ether oxygens (including phenoxy) is 1. The molecule has 0 aliphatic rings.